The minimum absolute atomic E-state index is 0.0480. The molecule has 1 aromatic heterocycles. The predicted octanol–water partition coefficient (Wildman–Crippen LogP) is 3.15. The number of carbonyl (C=O) groups is 1. The van der Waals surface area contributed by atoms with Gasteiger partial charge in [-0.3, -0.25) is 4.79 Å². The summed E-state index contributed by atoms with van der Waals surface area (Å²) in [7, 11) is 1.48. The van der Waals surface area contributed by atoms with Crippen LogP contribution < -0.4 is 16.5 Å². The van der Waals surface area contributed by atoms with Crippen LogP contribution in [0.25, 0.3) is 16.6 Å². The summed E-state index contributed by atoms with van der Waals surface area (Å²) in [5.41, 5.74) is 4.31. The van der Waals surface area contributed by atoms with E-state index in [0.717, 1.165) is 12.3 Å². The first kappa shape index (κ1) is 20.7. The first-order chi connectivity index (χ1) is 13.6. The van der Waals surface area contributed by atoms with Crippen LogP contribution >= 0.6 is 15.9 Å². The second-order valence-corrected chi connectivity index (χ2v) is 7.10. The van der Waals surface area contributed by atoms with Gasteiger partial charge in [0.1, 0.15) is 11.4 Å². The van der Waals surface area contributed by atoms with Gasteiger partial charge in [-0.25, -0.2) is 13.6 Å². The number of aliphatic hydroxyl groups excluding tert-OH is 1. The predicted molar refractivity (Wildman–Crippen MR) is 109 cm³/mol. The van der Waals surface area contributed by atoms with E-state index in [0.29, 0.717) is 0 Å². The minimum atomic E-state index is -1.51. The number of nitrogen functional groups attached to an aromatic ring is 1. The number of aromatic carboxylic acids is 1. The summed E-state index contributed by atoms with van der Waals surface area (Å²) in [4.78, 5) is 24.5. The molecule has 7 nitrogen and oxygen atoms in total. The molecule has 10 heteroatoms. The first-order valence-electron chi connectivity index (χ1n) is 8.31. The van der Waals surface area contributed by atoms with Crippen molar-refractivity contribution in [1.82, 2.24) is 4.57 Å². The van der Waals surface area contributed by atoms with Gasteiger partial charge in [-0.15, -0.1) is 0 Å². The maximum Gasteiger partial charge on any atom is 0.341 e. The van der Waals surface area contributed by atoms with Crippen molar-refractivity contribution >= 4 is 44.2 Å². The van der Waals surface area contributed by atoms with Crippen LogP contribution in [-0.4, -0.2) is 27.8 Å². The fourth-order valence-corrected chi connectivity index (χ4v) is 3.98. The van der Waals surface area contributed by atoms with E-state index in [9.17, 15) is 28.6 Å². The molecule has 5 N–H and O–H groups in total. The topological polar surface area (TPSA) is 118 Å². The number of carboxylic acid groups (broad SMARTS) is 1. The molecule has 0 aliphatic heterocycles. The molecule has 0 atom stereocenters. The van der Waals surface area contributed by atoms with Crippen molar-refractivity contribution in [3.05, 3.63) is 61.4 Å². The lowest BCUT2D eigenvalue weighted by Gasteiger charge is -2.20. The third kappa shape index (κ3) is 3.14. The molecule has 3 aromatic rings. The Hall–Kier alpha value is -2.98. The molecule has 0 aliphatic carbocycles. The number of benzene rings is 2. The molecule has 29 heavy (non-hydrogen) atoms. The van der Waals surface area contributed by atoms with Crippen LogP contribution in [0.2, 0.25) is 0 Å². The maximum absolute atomic E-state index is 14.8. The van der Waals surface area contributed by atoms with Crippen LogP contribution in [0, 0.1) is 18.6 Å². The molecule has 0 saturated heterocycles. The number of nitrogens with one attached hydrogen (secondary N) is 1. The van der Waals surface area contributed by atoms with Crippen molar-refractivity contribution in [2.45, 2.75) is 13.5 Å². The van der Waals surface area contributed by atoms with Gasteiger partial charge < -0.3 is 25.8 Å². The van der Waals surface area contributed by atoms with Crippen LogP contribution in [0.5, 0.6) is 0 Å². The average Bonchev–Trinajstić information content (AvgIpc) is 2.68. The largest absolute Gasteiger partial charge is 0.477 e. The molecule has 0 bridgehead atoms. The van der Waals surface area contributed by atoms with E-state index in [-0.39, 0.29) is 43.6 Å². The summed E-state index contributed by atoms with van der Waals surface area (Å²) in [6, 6.07) is 2.22. The van der Waals surface area contributed by atoms with E-state index in [4.69, 9.17) is 5.73 Å². The minimum Gasteiger partial charge on any atom is -0.477 e. The summed E-state index contributed by atoms with van der Waals surface area (Å²) >= 11 is 3.27. The third-order valence-electron chi connectivity index (χ3n) is 4.67. The third-order valence-corrected chi connectivity index (χ3v) is 5.44. The number of hydrogen-bond donors (Lipinski definition) is 4. The number of aliphatic hydroxyl groups is 1. The van der Waals surface area contributed by atoms with Crippen molar-refractivity contribution < 1.29 is 23.8 Å². The number of fused-ring (bicyclic) bond motifs is 1. The molecule has 0 spiro atoms. The standard InChI is InChI=1S/C19H16BrF2N3O4/c1-7-13-17(14(20)16(24-2)15(7)22)25(5-9(18(13)27)19(28)29)12-4-11(23)10(21)3-8(12)6-26/h3-5,24,26H,6,23H2,1-2H3,(H,28,29). The Morgan fingerprint density at radius 2 is 2.00 bits per heavy atom. The van der Waals surface area contributed by atoms with Crippen molar-refractivity contribution in [1.29, 1.82) is 0 Å². The Bertz CT molecular complexity index is 1240. The highest BCUT2D eigenvalue weighted by Gasteiger charge is 2.25. The average molecular weight is 468 g/mol. The van der Waals surface area contributed by atoms with Crippen molar-refractivity contribution in [3.8, 4) is 5.69 Å². The number of rotatable bonds is 4. The number of nitrogens with two attached hydrogens (primary N) is 1. The molecule has 152 valence electrons. The lowest BCUT2D eigenvalue weighted by molar-refractivity contribution is 0.0695. The van der Waals surface area contributed by atoms with Gasteiger partial charge in [-0.05, 0) is 35.0 Å². The number of halogens is 3. The second kappa shape index (κ2) is 7.45. The van der Waals surface area contributed by atoms with E-state index >= 15 is 0 Å². The SMILES string of the molecule is CNc1c(F)c(C)c2c(=O)c(C(=O)O)cn(-c3cc(N)c(F)cc3CO)c2c1Br. The second-order valence-electron chi connectivity index (χ2n) is 6.31. The Morgan fingerprint density at radius 1 is 1.34 bits per heavy atom. The summed E-state index contributed by atoms with van der Waals surface area (Å²) in [5.74, 6) is -3.00. The number of aromatic nitrogens is 1. The fourth-order valence-electron chi connectivity index (χ4n) is 3.22. The summed E-state index contributed by atoms with van der Waals surface area (Å²) < 4.78 is 30.1. The zero-order valence-electron chi connectivity index (χ0n) is 15.3. The number of aryl methyl sites for hydroxylation is 1. The Morgan fingerprint density at radius 3 is 2.55 bits per heavy atom. The van der Waals surface area contributed by atoms with Crippen LogP contribution in [0.1, 0.15) is 21.5 Å². The Kier molecular flexibility index (Phi) is 5.33. The molecular formula is C19H16BrF2N3O4. The summed E-state index contributed by atoms with van der Waals surface area (Å²) in [6.45, 7) is 0.771. The molecule has 0 aliphatic rings. The van der Waals surface area contributed by atoms with Crippen LogP contribution in [0.15, 0.2) is 27.6 Å². The highest BCUT2D eigenvalue weighted by Crippen LogP contribution is 2.37. The molecule has 0 amide bonds. The van der Waals surface area contributed by atoms with E-state index in [2.05, 4.69) is 21.2 Å². The Balaban J connectivity index is 2.66. The van der Waals surface area contributed by atoms with E-state index in [1.54, 1.807) is 0 Å². The van der Waals surface area contributed by atoms with Gasteiger partial charge in [0.25, 0.3) is 0 Å². The smallest absolute Gasteiger partial charge is 0.341 e. The summed E-state index contributed by atoms with van der Waals surface area (Å²) in [6.07, 6.45) is 1.04. The van der Waals surface area contributed by atoms with Crippen molar-refractivity contribution in [3.63, 3.8) is 0 Å². The number of hydrogen-bond acceptors (Lipinski definition) is 5. The number of anilines is 2. The molecule has 2 aromatic carbocycles. The zero-order chi connectivity index (χ0) is 21.6. The first-order valence-corrected chi connectivity index (χ1v) is 9.10. The van der Waals surface area contributed by atoms with Gasteiger partial charge >= 0.3 is 5.97 Å². The van der Waals surface area contributed by atoms with Crippen molar-refractivity contribution in [2.75, 3.05) is 18.1 Å². The van der Waals surface area contributed by atoms with Crippen LogP contribution in [0.3, 0.4) is 0 Å². The normalized spacial score (nSPS) is 11.1. The monoisotopic (exact) mass is 467 g/mol. The van der Waals surface area contributed by atoms with Gasteiger partial charge in [-0.2, -0.15) is 0 Å². The number of pyridine rings is 1. The lowest BCUT2D eigenvalue weighted by Crippen LogP contribution is -2.21. The van der Waals surface area contributed by atoms with Gasteiger partial charge in [0.15, 0.2) is 5.82 Å². The molecule has 0 fully saturated rings. The number of carboxylic acids is 1. The van der Waals surface area contributed by atoms with Crippen molar-refractivity contribution in [2.24, 2.45) is 0 Å². The van der Waals surface area contributed by atoms with E-state index in [1.807, 2.05) is 0 Å². The van der Waals surface area contributed by atoms with Gasteiger partial charge in [0.2, 0.25) is 5.43 Å². The van der Waals surface area contributed by atoms with Gasteiger partial charge in [-0.1, -0.05) is 0 Å². The molecule has 0 unspecified atom stereocenters. The quantitative estimate of drug-likeness (QED) is 0.437. The highest BCUT2D eigenvalue weighted by atomic mass is 79.9. The van der Waals surface area contributed by atoms with E-state index < -0.39 is 35.2 Å². The van der Waals surface area contributed by atoms with Gasteiger partial charge in [0, 0.05) is 24.4 Å². The fraction of sp³-hybridized carbons (Fsp3) is 0.158. The Labute approximate surface area is 171 Å². The molecular weight excluding hydrogens is 452 g/mol. The van der Waals surface area contributed by atoms with Gasteiger partial charge in [0.05, 0.1) is 39.0 Å². The molecule has 1 heterocycles. The number of nitrogens with zero attached hydrogens (tertiary/aromatic N) is 1. The molecule has 0 saturated carbocycles. The zero-order valence-corrected chi connectivity index (χ0v) is 16.9. The molecule has 0 radical (unpaired) electrons. The van der Waals surface area contributed by atoms with E-state index in [1.165, 1.54) is 24.6 Å². The summed E-state index contributed by atoms with van der Waals surface area (Å²) in [5, 5.41) is 21.7. The molecule has 3 rings (SSSR count). The highest BCUT2D eigenvalue weighted by molar-refractivity contribution is 9.10. The van der Waals surface area contributed by atoms with Crippen LogP contribution in [-0.2, 0) is 6.61 Å². The lowest BCUT2D eigenvalue weighted by atomic mass is 10.0. The maximum atomic E-state index is 14.8. The van der Waals surface area contributed by atoms with Crippen LogP contribution in [0.4, 0.5) is 20.2 Å².